The van der Waals surface area contributed by atoms with E-state index in [-0.39, 0.29) is 24.0 Å². The van der Waals surface area contributed by atoms with Crippen LogP contribution in [0.5, 0.6) is 0 Å². The maximum atomic E-state index is 11.8. The molecule has 1 aromatic heterocycles. The second-order valence-corrected chi connectivity index (χ2v) is 8.49. The van der Waals surface area contributed by atoms with E-state index >= 15 is 0 Å². The highest BCUT2D eigenvalue weighted by Gasteiger charge is 2.23. The van der Waals surface area contributed by atoms with Gasteiger partial charge in [0.05, 0.1) is 0 Å². The largest absolute Gasteiger partial charge is 0.333 e. The highest BCUT2D eigenvalue weighted by molar-refractivity contribution is 8.77. The number of nitrogens with zero attached hydrogens (tertiary/aromatic N) is 2. The summed E-state index contributed by atoms with van der Waals surface area (Å²) in [6, 6.07) is 5.69. The third-order valence-corrected chi connectivity index (χ3v) is 6.19. The molecule has 2 amide bonds. The van der Waals surface area contributed by atoms with Crippen molar-refractivity contribution < 1.29 is 19.2 Å². The van der Waals surface area contributed by atoms with Gasteiger partial charge in [0.15, 0.2) is 0 Å². The van der Waals surface area contributed by atoms with Crippen molar-refractivity contribution in [3.8, 4) is 0 Å². The summed E-state index contributed by atoms with van der Waals surface area (Å²) in [5.41, 5.74) is 0. The number of pyridine rings is 1. The van der Waals surface area contributed by atoms with Crippen LogP contribution >= 0.6 is 21.6 Å². The zero-order valence-electron chi connectivity index (χ0n) is 14.1. The molecule has 0 radical (unpaired) electrons. The zero-order chi connectivity index (χ0) is 18.0. The van der Waals surface area contributed by atoms with Crippen molar-refractivity contribution >= 4 is 39.9 Å². The minimum Gasteiger partial charge on any atom is -0.331 e. The molecule has 0 bridgehead atoms. The standard InChI is InChI=1S/C16H22N2O4S2/c1-4-7-14(20)18(12-19)22-15(21)9-10-16(2,3)24-23-13-8-5-6-11-17-13/h5-6,8,11-12H,4,7,9-10H2,1-3H3. The topological polar surface area (TPSA) is 76.6 Å². The van der Waals surface area contributed by atoms with Crippen LogP contribution in [-0.2, 0) is 19.2 Å². The highest BCUT2D eigenvalue weighted by Crippen LogP contribution is 2.42. The van der Waals surface area contributed by atoms with Gasteiger partial charge in [-0.3, -0.25) is 9.59 Å². The molecule has 0 aromatic carbocycles. The summed E-state index contributed by atoms with van der Waals surface area (Å²) in [6.45, 7) is 5.84. The van der Waals surface area contributed by atoms with Crippen LogP contribution < -0.4 is 0 Å². The van der Waals surface area contributed by atoms with Gasteiger partial charge in [0.2, 0.25) is 0 Å². The quantitative estimate of drug-likeness (QED) is 0.373. The van der Waals surface area contributed by atoms with E-state index < -0.39 is 11.9 Å². The van der Waals surface area contributed by atoms with Crippen LogP contribution in [0, 0.1) is 0 Å². The van der Waals surface area contributed by atoms with Crippen molar-refractivity contribution in [3.05, 3.63) is 24.4 Å². The lowest BCUT2D eigenvalue weighted by atomic mass is 10.1. The number of rotatable bonds is 9. The average molecular weight is 370 g/mol. The number of hydroxylamine groups is 2. The van der Waals surface area contributed by atoms with Gasteiger partial charge in [-0.05, 0) is 49.6 Å². The molecule has 0 aliphatic heterocycles. The van der Waals surface area contributed by atoms with Crippen LogP contribution in [0.3, 0.4) is 0 Å². The van der Waals surface area contributed by atoms with Gasteiger partial charge in [0.25, 0.3) is 12.3 Å². The Morgan fingerprint density at radius 3 is 2.67 bits per heavy atom. The SMILES string of the molecule is CCCC(=O)N(C=O)OC(=O)CCC(C)(C)SSc1ccccn1. The molecule has 0 unspecified atom stereocenters. The summed E-state index contributed by atoms with van der Waals surface area (Å²) < 4.78 is -0.194. The Morgan fingerprint density at radius 2 is 2.08 bits per heavy atom. The van der Waals surface area contributed by atoms with Crippen molar-refractivity contribution in [2.24, 2.45) is 0 Å². The summed E-state index contributed by atoms with van der Waals surface area (Å²) in [6.07, 6.45) is 3.36. The molecular formula is C16H22N2O4S2. The van der Waals surface area contributed by atoms with E-state index in [0.717, 1.165) is 5.03 Å². The fourth-order valence-corrected chi connectivity index (χ4v) is 3.82. The molecule has 6 nitrogen and oxygen atoms in total. The first-order valence-electron chi connectivity index (χ1n) is 7.63. The first-order chi connectivity index (χ1) is 11.4. The minimum absolute atomic E-state index is 0.118. The molecule has 0 fully saturated rings. The Balaban J connectivity index is 2.41. The van der Waals surface area contributed by atoms with E-state index in [1.54, 1.807) is 27.8 Å². The first-order valence-corrected chi connectivity index (χ1v) is 9.78. The first kappa shape index (κ1) is 20.5. The maximum absolute atomic E-state index is 11.8. The van der Waals surface area contributed by atoms with Crippen molar-refractivity contribution in [1.82, 2.24) is 10.0 Å². The molecule has 0 aliphatic rings. The molecule has 0 atom stereocenters. The number of hydrogen-bond acceptors (Lipinski definition) is 7. The molecule has 1 aromatic rings. The number of imide groups is 1. The van der Waals surface area contributed by atoms with Gasteiger partial charge in [-0.25, -0.2) is 9.78 Å². The number of carbonyl (C=O) groups excluding carboxylic acids is 3. The van der Waals surface area contributed by atoms with Crippen LogP contribution in [-0.4, -0.2) is 33.1 Å². The molecule has 0 saturated heterocycles. The van der Waals surface area contributed by atoms with E-state index in [1.807, 2.05) is 39.0 Å². The van der Waals surface area contributed by atoms with Crippen molar-refractivity contribution in [2.75, 3.05) is 0 Å². The summed E-state index contributed by atoms with van der Waals surface area (Å²) >= 11 is 0. The molecule has 0 saturated carbocycles. The Hall–Kier alpha value is -1.54. The van der Waals surface area contributed by atoms with Gasteiger partial charge in [-0.2, -0.15) is 0 Å². The molecule has 0 spiro atoms. The minimum atomic E-state index is -0.594. The molecule has 0 aliphatic carbocycles. The van der Waals surface area contributed by atoms with E-state index in [1.165, 1.54) is 0 Å². The van der Waals surface area contributed by atoms with Gasteiger partial charge in [-0.15, -0.1) is 5.06 Å². The number of hydrogen-bond donors (Lipinski definition) is 0. The van der Waals surface area contributed by atoms with Gasteiger partial charge in [-0.1, -0.05) is 23.8 Å². The molecular weight excluding hydrogens is 348 g/mol. The zero-order valence-corrected chi connectivity index (χ0v) is 15.7. The summed E-state index contributed by atoms with van der Waals surface area (Å²) in [4.78, 5) is 43.3. The van der Waals surface area contributed by atoms with E-state index in [0.29, 0.717) is 17.9 Å². The fraction of sp³-hybridized carbons (Fsp3) is 0.500. The fourth-order valence-electron chi connectivity index (χ4n) is 1.61. The number of aromatic nitrogens is 1. The smallest absolute Gasteiger partial charge is 0.331 e. The van der Waals surface area contributed by atoms with Crippen molar-refractivity contribution in [1.29, 1.82) is 0 Å². The second-order valence-electron chi connectivity index (χ2n) is 5.63. The third kappa shape index (κ3) is 7.83. The van der Waals surface area contributed by atoms with Crippen LogP contribution in [0.2, 0.25) is 0 Å². The van der Waals surface area contributed by atoms with E-state index in [4.69, 9.17) is 4.84 Å². The monoisotopic (exact) mass is 370 g/mol. The Labute approximate surface area is 150 Å². The Bertz CT molecular complexity index is 552. The van der Waals surface area contributed by atoms with E-state index in [2.05, 4.69) is 4.98 Å². The average Bonchev–Trinajstić information content (AvgIpc) is 2.57. The summed E-state index contributed by atoms with van der Waals surface area (Å²) in [5, 5.41) is 1.38. The molecule has 0 N–H and O–H groups in total. The molecule has 1 heterocycles. The third-order valence-electron chi connectivity index (χ3n) is 2.93. The lowest BCUT2D eigenvalue weighted by Gasteiger charge is -2.22. The van der Waals surface area contributed by atoms with Crippen LogP contribution in [0.1, 0.15) is 46.5 Å². The molecule has 1 rings (SSSR count). The Morgan fingerprint density at radius 1 is 1.33 bits per heavy atom. The van der Waals surface area contributed by atoms with Crippen LogP contribution in [0.25, 0.3) is 0 Å². The predicted molar refractivity (Wildman–Crippen MR) is 94.9 cm³/mol. The van der Waals surface area contributed by atoms with E-state index in [9.17, 15) is 14.4 Å². The van der Waals surface area contributed by atoms with Gasteiger partial charge in [0, 0.05) is 23.8 Å². The highest BCUT2D eigenvalue weighted by atomic mass is 33.1. The summed E-state index contributed by atoms with van der Waals surface area (Å²) in [7, 11) is 3.15. The second kappa shape index (κ2) is 10.4. The Kier molecular flexibility index (Phi) is 8.84. The van der Waals surface area contributed by atoms with Crippen LogP contribution in [0.4, 0.5) is 0 Å². The number of amides is 2. The molecule has 132 valence electrons. The van der Waals surface area contributed by atoms with Gasteiger partial charge < -0.3 is 4.84 Å². The number of carbonyl (C=O) groups is 3. The lowest BCUT2D eigenvalue weighted by Crippen LogP contribution is -2.32. The summed E-state index contributed by atoms with van der Waals surface area (Å²) in [5.74, 6) is -1.11. The van der Waals surface area contributed by atoms with Gasteiger partial charge >= 0.3 is 5.97 Å². The van der Waals surface area contributed by atoms with Gasteiger partial charge in [0.1, 0.15) is 5.03 Å². The molecule has 8 heteroatoms. The van der Waals surface area contributed by atoms with Crippen molar-refractivity contribution in [2.45, 2.75) is 56.2 Å². The maximum Gasteiger partial charge on any atom is 0.333 e. The predicted octanol–water partition coefficient (Wildman–Crippen LogP) is 3.62. The molecule has 24 heavy (non-hydrogen) atoms. The van der Waals surface area contributed by atoms with Crippen molar-refractivity contribution in [3.63, 3.8) is 0 Å². The van der Waals surface area contributed by atoms with Crippen LogP contribution in [0.15, 0.2) is 29.4 Å². The lowest BCUT2D eigenvalue weighted by molar-refractivity contribution is -0.196. The normalized spacial score (nSPS) is 11.0.